The molecule has 0 amide bonds. The van der Waals surface area contributed by atoms with Crippen LogP contribution >= 0.6 is 0 Å². The van der Waals surface area contributed by atoms with Crippen molar-refractivity contribution in [1.29, 1.82) is 0 Å². The van der Waals surface area contributed by atoms with Gasteiger partial charge in [0.15, 0.2) is 0 Å². The van der Waals surface area contributed by atoms with E-state index in [-0.39, 0.29) is 11.7 Å². The summed E-state index contributed by atoms with van der Waals surface area (Å²) in [5.41, 5.74) is 5.06. The van der Waals surface area contributed by atoms with Gasteiger partial charge in [0.25, 0.3) is 5.69 Å². The highest BCUT2D eigenvalue weighted by molar-refractivity contribution is 5.77. The Morgan fingerprint density at radius 3 is 2.77 bits per heavy atom. The average Bonchev–Trinajstić information content (AvgIpc) is 3.12. The molecule has 1 aromatic heterocycles. The molecule has 0 bridgehead atoms. The highest BCUT2D eigenvalue weighted by Crippen LogP contribution is 2.33. The van der Waals surface area contributed by atoms with Crippen LogP contribution in [0.1, 0.15) is 28.3 Å². The first-order valence-electron chi connectivity index (χ1n) is 8.11. The lowest BCUT2D eigenvalue weighted by Crippen LogP contribution is -2.20. The van der Waals surface area contributed by atoms with Gasteiger partial charge in [-0.05, 0) is 58.7 Å². The van der Waals surface area contributed by atoms with Crippen molar-refractivity contribution in [3.8, 4) is 0 Å². The minimum atomic E-state index is -0.404. The van der Waals surface area contributed by atoms with Gasteiger partial charge in [-0.25, -0.2) is 0 Å². The van der Waals surface area contributed by atoms with Gasteiger partial charge in [-0.1, -0.05) is 29.4 Å². The molecule has 1 aliphatic rings. The standard InChI is InChI=1S/C18H16N6O2/c1-11-6-7-13(8-12(11)2)16-10-17(23-18(19-16)20-21-22-23)14-4-3-5-15(9-14)24(25)26/h3-10,17H,1-2H3,(H,19,20,22). The van der Waals surface area contributed by atoms with Crippen LogP contribution in [-0.2, 0) is 0 Å². The summed E-state index contributed by atoms with van der Waals surface area (Å²) in [7, 11) is 0. The molecule has 0 saturated carbocycles. The van der Waals surface area contributed by atoms with E-state index in [1.807, 2.05) is 18.2 Å². The van der Waals surface area contributed by atoms with E-state index in [0.717, 1.165) is 16.8 Å². The van der Waals surface area contributed by atoms with E-state index >= 15 is 0 Å². The van der Waals surface area contributed by atoms with Gasteiger partial charge in [0.05, 0.1) is 4.92 Å². The number of nitrogens with zero attached hydrogens (tertiary/aromatic N) is 5. The SMILES string of the molecule is Cc1ccc(C2=CC(c3cccc([N+](=O)[O-])c3)n3nnnc3N2)cc1C. The third kappa shape index (κ3) is 2.71. The Hall–Kier alpha value is -3.55. The number of allylic oxidation sites excluding steroid dienone is 1. The largest absolute Gasteiger partial charge is 0.323 e. The van der Waals surface area contributed by atoms with Crippen LogP contribution < -0.4 is 5.32 Å². The maximum atomic E-state index is 11.1. The number of hydrogen-bond acceptors (Lipinski definition) is 6. The molecule has 0 fully saturated rings. The van der Waals surface area contributed by atoms with E-state index in [1.165, 1.54) is 17.2 Å². The maximum Gasteiger partial charge on any atom is 0.269 e. The zero-order chi connectivity index (χ0) is 18.3. The van der Waals surface area contributed by atoms with Crippen molar-refractivity contribution in [2.45, 2.75) is 19.9 Å². The smallest absolute Gasteiger partial charge is 0.269 e. The molecule has 1 unspecified atom stereocenters. The number of hydrogen-bond donors (Lipinski definition) is 1. The molecule has 8 heteroatoms. The fraction of sp³-hybridized carbons (Fsp3) is 0.167. The summed E-state index contributed by atoms with van der Waals surface area (Å²) in [6.07, 6.45) is 1.98. The number of nitrogens with one attached hydrogen (secondary N) is 1. The van der Waals surface area contributed by atoms with Crippen LogP contribution in [0.4, 0.5) is 11.6 Å². The van der Waals surface area contributed by atoms with E-state index in [2.05, 4.69) is 46.8 Å². The first-order chi connectivity index (χ1) is 12.5. The first-order valence-corrected chi connectivity index (χ1v) is 8.11. The van der Waals surface area contributed by atoms with Crippen LogP contribution in [0.15, 0.2) is 48.5 Å². The zero-order valence-electron chi connectivity index (χ0n) is 14.2. The fourth-order valence-electron chi connectivity index (χ4n) is 2.99. The Labute approximate surface area is 149 Å². The van der Waals surface area contributed by atoms with Crippen LogP contribution in [0.5, 0.6) is 0 Å². The molecule has 1 aliphatic heterocycles. The third-order valence-electron chi connectivity index (χ3n) is 4.57. The van der Waals surface area contributed by atoms with E-state index in [1.54, 1.807) is 16.8 Å². The Morgan fingerprint density at radius 2 is 2.00 bits per heavy atom. The van der Waals surface area contributed by atoms with Gasteiger partial charge < -0.3 is 5.32 Å². The van der Waals surface area contributed by atoms with Crippen LogP contribution in [0.2, 0.25) is 0 Å². The fourth-order valence-corrected chi connectivity index (χ4v) is 2.99. The number of anilines is 1. The summed E-state index contributed by atoms with van der Waals surface area (Å²) < 4.78 is 1.61. The number of aryl methyl sites for hydroxylation is 2. The van der Waals surface area contributed by atoms with Crippen molar-refractivity contribution in [2.24, 2.45) is 0 Å². The molecule has 2 aromatic carbocycles. The van der Waals surface area contributed by atoms with Crippen molar-refractivity contribution < 1.29 is 4.92 Å². The van der Waals surface area contributed by atoms with Gasteiger partial charge >= 0.3 is 0 Å². The first kappa shape index (κ1) is 15.9. The molecule has 3 aromatic rings. The molecule has 0 aliphatic carbocycles. The predicted octanol–water partition coefficient (Wildman–Crippen LogP) is 3.25. The van der Waals surface area contributed by atoms with Gasteiger partial charge in [-0.3, -0.25) is 10.1 Å². The van der Waals surface area contributed by atoms with Gasteiger partial charge in [0.2, 0.25) is 5.95 Å². The predicted molar refractivity (Wildman–Crippen MR) is 96.6 cm³/mol. The molecule has 1 N–H and O–H groups in total. The number of fused-ring (bicyclic) bond motifs is 1. The summed E-state index contributed by atoms with van der Waals surface area (Å²) >= 11 is 0. The summed E-state index contributed by atoms with van der Waals surface area (Å²) in [6.45, 7) is 4.12. The van der Waals surface area contributed by atoms with E-state index in [0.29, 0.717) is 5.95 Å². The summed E-state index contributed by atoms with van der Waals surface area (Å²) in [6, 6.07) is 12.4. The second kappa shape index (κ2) is 6.07. The lowest BCUT2D eigenvalue weighted by atomic mass is 9.99. The number of benzene rings is 2. The van der Waals surface area contributed by atoms with Crippen molar-refractivity contribution in [3.63, 3.8) is 0 Å². The number of nitro groups is 1. The minimum absolute atomic E-state index is 0.0387. The topological polar surface area (TPSA) is 98.8 Å². The van der Waals surface area contributed by atoms with Crippen LogP contribution in [-0.4, -0.2) is 25.1 Å². The number of nitro benzene ring substituents is 1. The van der Waals surface area contributed by atoms with Gasteiger partial charge in [-0.15, -0.1) is 0 Å². The van der Waals surface area contributed by atoms with E-state index in [4.69, 9.17) is 0 Å². The lowest BCUT2D eigenvalue weighted by molar-refractivity contribution is -0.384. The third-order valence-corrected chi connectivity index (χ3v) is 4.57. The minimum Gasteiger partial charge on any atom is -0.323 e. The summed E-state index contributed by atoms with van der Waals surface area (Å²) in [4.78, 5) is 10.7. The highest BCUT2D eigenvalue weighted by atomic mass is 16.6. The Balaban J connectivity index is 1.82. The molecule has 2 heterocycles. The second-order valence-electron chi connectivity index (χ2n) is 6.25. The zero-order valence-corrected chi connectivity index (χ0v) is 14.2. The van der Waals surface area contributed by atoms with Crippen LogP contribution in [0, 0.1) is 24.0 Å². The average molecular weight is 348 g/mol. The van der Waals surface area contributed by atoms with Crippen LogP contribution in [0.3, 0.4) is 0 Å². The molecule has 0 spiro atoms. The Bertz CT molecular complexity index is 1040. The van der Waals surface area contributed by atoms with Gasteiger partial charge in [0, 0.05) is 17.8 Å². The van der Waals surface area contributed by atoms with Crippen molar-refractivity contribution in [1.82, 2.24) is 20.2 Å². The number of aromatic nitrogens is 4. The molecular weight excluding hydrogens is 332 g/mol. The molecule has 1 atom stereocenters. The Kier molecular flexibility index (Phi) is 3.72. The molecule has 0 saturated heterocycles. The monoisotopic (exact) mass is 348 g/mol. The molecule has 8 nitrogen and oxygen atoms in total. The van der Waals surface area contributed by atoms with Crippen molar-refractivity contribution >= 4 is 17.3 Å². The number of non-ortho nitro benzene ring substituents is 1. The number of tetrazole rings is 1. The van der Waals surface area contributed by atoms with Crippen LogP contribution in [0.25, 0.3) is 5.70 Å². The Morgan fingerprint density at radius 1 is 1.15 bits per heavy atom. The summed E-state index contributed by atoms with van der Waals surface area (Å²) in [5, 5.41) is 26.1. The lowest BCUT2D eigenvalue weighted by Gasteiger charge is -2.23. The van der Waals surface area contributed by atoms with Crippen molar-refractivity contribution in [3.05, 3.63) is 80.9 Å². The molecule has 26 heavy (non-hydrogen) atoms. The quantitative estimate of drug-likeness (QED) is 0.576. The second-order valence-corrected chi connectivity index (χ2v) is 6.25. The molecule has 130 valence electrons. The van der Waals surface area contributed by atoms with E-state index < -0.39 is 4.92 Å². The summed E-state index contributed by atoms with van der Waals surface area (Å²) in [5.74, 6) is 0.497. The molecule has 4 rings (SSSR count). The highest BCUT2D eigenvalue weighted by Gasteiger charge is 2.25. The van der Waals surface area contributed by atoms with E-state index in [9.17, 15) is 10.1 Å². The molecular formula is C18H16N6O2. The van der Waals surface area contributed by atoms with Gasteiger partial charge in [0.1, 0.15) is 6.04 Å². The maximum absolute atomic E-state index is 11.1. The van der Waals surface area contributed by atoms with Gasteiger partial charge in [-0.2, -0.15) is 4.68 Å². The normalized spacial score (nSPS) is 15.8. The number of rotatable bonds is 3. The molecule has 0 radical (unpaired) electrons. The van der Waals surface area contributed by atoms with Crippen molar-refractivity contribution in [2.75, 3.05) is 5.32 Å².